The number of sulfonamides is 1. The van der Waals surface area contributed by atoms with E-state index in [9.17, 15) is 8.42 Å². The quantitative estimate of drug-likeness (QED) is 0.704. The Morgan fingerprint density at radius 1 is 0.923 bits per heavy atom. The van der Waals surface area contributed by atoms with Crippen molar-refractivity contribution in [2.75, 3.05) is 16.2 Å². The minimum atomic E-state index is -3.65. The van der Waals surface area contributed by atoms with Crippen LogP contribution in [0.15, 0.2) is 77.8 Å². The van der Waals surface area contributed by atoms with E-state index in [1.807, 2.05) is 43.3 Å². The molecule has 0 radical (unpaired) electrons. The highest BCUT2D eigenvalue weighted by molar-refractivity contribution is 7.92. The first-order chi connectivity index (χ1) is 12.5. The molecule has 0 aliphatic carbocycles. The Morgan fingerprint density at radius 2 is 1.62 bits per heavy atom. The Bertz CT molecular complexity index is 954. The average molecular weight is 367 g/mol. The molecule has 0 amide bonds. The molecule has 0 bridgehead atoms. The van der Waals surface area contributed by atoms with Crippen molar-refractivity contribution in [2.45, 2.75) is 18.7 Å². The molecule has 3 rings (SSSR count). The predicted molar refractivity (Wildman–Crippen MR) is 105 cm³/mol. The van der Waals surface area contributed by atoms with Crippen LogP contribution in [-0.4, -0.2) is 19.9 Å². The zero-order chi connectivity index (χ0) is 18.6. The number of aryl methyl sites for hydroxylation is 1. The molecule has 0 saturated heterocycles. The number of nitrogens with zero attached hydrogens (tertiary/aromatic N) is 2. The fraction of sp³-hybridized carbons (Fsp3) is 0.150. The summed E-state index contributed by atoms with van der Waals surface area (Å²) in [6, 6.07) is 20.2. The van der Waals surface area contributed by atoms with E-state index in [1.165, 1.54) is 0 Å². The van der Waals surface area contributed by atoms with Crippen molar-refractivity contribution < 1.29 is 8.42 Å². The summed E-state index contributed by atoms with van der Waals surface area (Å²) in [5.74, 6) is 0.290. The molecule has 2 aromatic carbocycles. The fourth-order valence-corrected chi connectivity index (χ4v) is 3.65. The first-order valence-corrected chi connectivity index (χ1v) is 9.86. The van der Waals surface area contributed by atoms with Gasteiger partial charge in [0.15, 0.2) is 0 Å². The van der Waals surface area contributed by atoms with Gasteiger partial charge in [-0.2, -0.15) is 0 Å². The van der Waals surface area contributed by atoms with Gasteiger partial charge in [-0.25, -0.2) is 13.4 Å². The Kier molecular flexibility index (Phi) is 5.23. The average Bonchev–Trinajstić information content (AvgIpc) is 2.65. The van der Waals surface area contributed by atoms with Crippen molar-refractivity contribution in [3.05, 3.63) is 78.5 Å². The molecule has 0 saturated carbocycles. The molecule has 0 aliphatic rings. The maximum atomic E-state index is 12.4. The summed E-state index contributed by atoms with van der Waals surface area (Å²) in [5.41, 5.74) is 2.97. The molecule has 0 aliphatic heterocycles. The highest BCUT2D eigenvalue weighted by Crippen LogP contribution is 2.25. The number of nitrogens with one attached hydrogen (secondary N) is 1. The van der Waals surface area contributed by atoms with Gasteiger partial charge in [0.1, 0.15) is 5.82 Å². The number of para-hydroxylation sites is 1. The highest BCUT2D eigenvalue weighted by atomic mass is 32.2. The lowest BCUT2D eigenvalue weighted by molar-refractivity contribution is 0.601. The molecule has 1 aromatic heterocycles. The molecule has 1 N–H and O–H groups in total. The van der Waals surface area contributed by atoms with E-state index in [2.05, 4.69) is 21.5 Å². The third-order valence-electron chi connectivity index (χ3n) is 4.01. The van der Waals surface area contributed by atoms with E-state index in [0.29, 0.717) is 5.82 Å². The molecule has 1 heterocycles. The van der Waals surface area contributed by atoms with Crippen LogP contribution in [0.25, 0.3) is 0 Å². The van der Waals surface area contributed by atoms with Crippen LogP contribution in [0, 0.1) is 6.92 Å². The molecule has 0 atom stereocenters. The number of aromatic nitrogens is 1. The van der Waals surface area contributed by atoms with Gasteiger partial charge in [0.05, 0.1) is 16.8 Å². The summed E-state index contributed by atoms with van der Waals surface area (Å²) in [7, 11) is -3.65. The van der Waals surface area contributed by atoms with Gasteiger partial charge >= 0.3 is 0 Å². The van der Waals surface area contributed by atoms with Crippen LogP contribution in [0.2, 0.25) is 0 Å². The number of benzene rings is 2. The lowest BCUT2D eigenvalue weighted by Crippen LogP contribution is -2.17. The first kappa shape index (κ1) is 17.9. The largest absolute Gasteiger partial charge is 0.341 e. The minimum absolute atomic E-state index is 0.216. The van der Waals surface area contributed by atoms with Crippen LogP contribution in [-0.2, 0) is 10.0 Å². The summed E-state index contributed by atoms with van der Waals surface area (Å²) in [6.07, 6.45) is 1.67. The van der Waals surface area contributed by atoms with Crippen LogP contribution < -0.4 is 9.62 Å². The van der Waals surface area contributed by atoms with E-state index in [0.717, 1.165) is 23.5 Å². The number of pyridine rings is 1. The SMILES string of the molecule is CCN(c1ccccc1)c1ccc(NS(=O)(=O)c2ccc(C)cc2)nc1. The van der Waals surface area contributed by atoms with Gasteiger partial charge in [-0.15, -0.1) is 0 Å². The molecule has 6 heteroatoms. The van der Waals surface area contributed by atoms with Gasteiger partial charge in [0.2, 0.25) is 0 Å². The molecule has 0 spiro atoms. The summed E-state index contributed by atoms with van der Waals surface area (Å²) in [5, 5.41) is 0. The van der Waals surface area contributed by atoms with Gasteiger partial charge in [-0.05, 0) is 50.2 Å². The Balaban J connectivity index is 1.80. The molecule has 3 aromatic rings. The standard InChI is InChI=1S/C20H21N3O2S/c1-3-23(17-7-5-4-6-8-17)18-11-14-20(21-15-18)22-26(24,25)19-12-9-16(2)10-13-19/h4-15H,3H2,1-2H3,(H,21,22). The van der Waals surface area contributed by atoms with Gasteiger partial charge < -0.3 is 4.90 Å². The maximum Gasteiger partial charge on any atom is 0.263 e. The van der Waals surface area contributed by atoms with E-state index < -0.39 is 10.0 Å². The number of hydrogen-bond acceptors (Lipinski definition) is 4. The van der Waals surface area contributed by atoms with E-state index in [-0.39, 0.29) is 4.90 Å². The number of rotatable bonds is 6. The molecule has 134 valence electrons. The van der Waals surface area contributed by atoms with Crippen LogP contribution >= 0.6 is 0 Å². The van der Waals surface area contributed by atoms with Crippen molar-refractivity contribution in [3.8, 4) is 0 Å². The van der Waals surface area contributed by atoms with Crippen LogP contribution in [0.4, 0.5) is 17.2 Å². The maximum absolute atomic E-state index is 12.4. The summed E-state index contributed by atoms with van der Waals surface area (Å²) < 4.78 is 27.4. The van der Waals surface area contributed by atoms with E-state index >= 15 is 0 Å². The Morgan fingerprint density at radius 3 is 2.19 bits per heavy atom. The Labute approximate surface area is 154 Å². The third-order valence-corrected chi connectivity index (χ3v) is 5.38. The molecular formula is C20H21N3O2S. The number of anilines is 3. The zero-order valence-corrected chi connectivity index (χ0v) is 15.6. The second-order valence-electron chi connectivity index (χ2n) is 5.90. The van der Waals surface area contributed by atoms with Gasteiger partial charge in [0, 0.05) is 12.2 Å². The fourth-order valence-electron chi connectivity index (χ4n) is 2.64. The van der Waals surface area contributed by atoms with Crippen molar-refractivity contribution in [2.24, 2.45) is 0 Å². The zero-order valence-electron chi connectivity index (χ0n) is 14.8. The third kappa shape index (κ3) is 4.03. The van der Waals surface area contributed by atoms with Crippen LogP contribution in [0.1, 0.15) is 12.5 Å². The Hall–Kier alpha value is -2.86. The summed E-state index contributed by atoms with van der Waals surface area (Å²) >= 11 is 0. The second-order valence-corrected chi connectivity index (χ2v) is 7.58. The molecule has 0 unspecified atom stereocenters. The van der Waals surface area contributed by atoms with Crippen LogP contribution in [0.3, 0.4) is 0 Å². The van der Waals surface area contributed by atoms with E-state index in [4.69, 9.17) is 0 Å². The first-order valence-electron chi connectivity index (χ1n) is 8.38. The molecular weight excluding hydrogens is 346 g/mol. The normalized spacial score (nSPS) is 11.2. The predicted octanol–water partition coefficient (Wildman–Crippen LogP) is 4.35. The topological polar surface area (TPSA) is 62.3 Å². The van der Waals surface area contributed by atoms with Crippen LogP contribution in [0.5, 0.6) is 0 Å². The molecule has 26 heavy (non-hydrogen) atoms. The smallest absolute Gasteiger partial charge is 0.263 e. The monoisotopic (exact) mass is 367 g/mol. The van der Waals surface area contributed by atoms with Gasteiger partial charge in [0.25, 0.3) is 10.0 Å². The van der Waals surface area contributed by atoms with Gasteiger partial charge in [-0.1, -0.05) is 35.9 Å². The summed E-state index contributed by atoms with van der Waals surface area (Å²) in [6.45, 7) is 4.75. The van der Waals surface area contributed by atoms with E-state index in [1.54, 1.807) is 36.5 Å². The lowest BCUT2D eigenvalue weighted by atomic mass is 10.2. The lowest BCUT2D eigenvalue weighted by Gasteiger charge is -2.23. The second kappa shape index (κ2) is 7.58. The molecule has 0 fully saturated rings. The molecule has 5 nitrogen and oxygen atoms in total. The van der Waals surface area contributed by atoms with Crippen molar-refractivity contribution in [3.63, 3.8) is 0 Å². The van der Waals surface area contributed by atoms with Crippen molar-refractivity contribution in [1.29, 1.82) is 0 Å². The minimum Gasteiger partial charge on any atom is -0.341 e. The van der Waals surface area contributed by atoms with Crippen molar-refractivity contribution in [1.82, 2.24) is 4.98 Å². The van der Waals surface area contributed by atoms with Crippen molar-refractivity contribution >= 4 is 27.2 Å². The highest BCUT2D eigenvalue weighted by Gasteiger charge is 2.15. The summed E-state index contributed by atoms with van der Waals surface area (Å²) in [4.78, 5) is 6.59. The number of hydrogen-bond donors (Lipinski definition) is 1. The van der Waals surface area contributed by atoms with Gasteiger partial charge in [-0.3, -0.25) is 4.72 Å².